The summed E-state index contributed by atoms with van der Waals surface area (Å²) in [6, 6.07) is 0. The third-order valence-electron chi connectivity index (χ3n) is 7.10. The number of unbranched alkanes of at least 4 members (excludes halogenated alkanes) is 2. The maximum Gasteiger partial charge on any atom is 0.0637 e. The van der Waals surface area contributed by atoms with E-state index in [4.69, 9.17) is 4.74 Å². The van der Waals surface area contributed by atoms with E-state index < -0.39 is 0 Å². The molecule has 0 spiro atoms. The fourth-order valence-electron chi connectivity index (χ4n) is 4.81. The van der Waals surface area contributed by atoms with Crippen molar-refractivity contribution in [2.45, 2.75) is 85.7 Å². The van der Waals surface area contributed by atoms with Gasteiger partial charge in [0.15, 0.2) is 0 Å². The summed E-state index contributed by atoms with van der Waals surface area (Å²) in [7, 11) is 0. The van der Waals surface area contributed by atoms with Gasteiger partial charge in [0, 0.05) is 6.54 Å². The molecule has 130 valence electrons. The number of ether oxygens (including phenoxy) is 1. The Morgan fingerprint density at radius 2 is 1.64 bits per heavy atom. The summed E-state index contributed by atoms with van der Waals surface area (Å²) in [6.45, 7) is 16.5. The van der Waals surface area contributed by atoms with E-state index in [2.05, 4.69) is 39.5 Å². The van der Waals surface area contributed by atoms with Crippen molar-refractivity contribution in [2.75, 3.05) is 26.2 Å². The zero-order valence-electron chi connectivity index (χ0n) is 15.8. The minimum absolute atomic E-state index is 0.412. The summed E-state index contributed by atoms with van der Waals surface area (Å²) in [5, 5.41) is 0. The molecule has 0 aromatic carbocycles. The summed E-state index contributed by atoms with van der Waals surface area (Å²) in [5.41, 5.74) is 0.886. The molecule has 0 N–H and O–H groups in total. The zero-order chi connectivity index (χ0) is 16.2. The first-order valence-electron chi connectivity index (χ1n) is 9.79. The third kappa shape index (κ3) is 3.53. The Balaban J connectivity index is 1.78. The van der Waals surface area contributed by atoms with E-state index in [0.717, 1.165) is 19.1 Å². The van der Waals surface area contributed by atoms with Crippen molar-refractivity contribution in [3.8, 4) is 0 Å². The lowest BCUT2D eigenvalue weighted by atomic mass is 9.70. The highest BCUT2D eigenvalue weighted by atomic mass is 16.5. The van der Waals surface area contributed by atoms with Crippen molar-refractivity contribution in [3.63, 3.8) is 0 Å². The summed E-state index contributed by atoms with van der Waals surface area (Å²) in [6.07, 6.45) is 9.81. The molecule has 0 heterocycles. The van der Waals surface area contributed by atoms with Gasteiger partial charge in [0.1, 0.15) is 0 Å². The van der Waals surface area contributed by atoms with Gasteiger partial charge in [0.05, 0.1) is 12.7 Å². The summed E-state index contributed by atoms with van der Waals surface area (Å²) < 4.78 is 6.42. The molecule has 0 saturated heterocycles. The first-order chi connectivity index (χ1) is 10.5. The molecule has 2 fully saturated rings. The number of rotatable bonds is 10. The maximum atomic E-state index is 6.42. The molecule has 3 atom stereocenters. The lowest BCUT2D eigenvalue weighted by Gasteiger charge is -2.39. The predicted molar refractivity (Wildman–Crippen MR) is 95.2 cm³/mol. The Kier molecular flexibility index (Phi) is 6.36. The van der Waals surface area contributed by atoms with Crippen LogP contribution >= 0.6 is 0 Å². The van der Waals surface area contributed by atoms with E-state index in [0.29, 0.717) is 16.9 Å². The van der Waals surface area contributed by atoms with Crippen LogP contribution < -0.4 is 0 Å². The van der Waals surface area contributed by atoms with Crippen LogP contribution in [-0.2, 0) is 4.74 Å². The molecule has 0 aliphatic heterocycles. The lowest BCUT2D eigenvalue weighted by Crippen LogP contribution is -2.39. The van der Waals surface area contributed by atoms with Crippen LogP contribution in [0.3, 0.4) is 0 Å². The highest BCUT2D eigenvalue weighted by molar-refractivity contribution is 5.11. The molecule has 0 unspecified atom stereocenters. The number of hydrogen-bond acceptors (Lipinski definition) is 2. The van der Waals surface area contributed by atoms with Gasteiger partial charge in [-0.15, -0.1) is 0 Å². The van der Waals surface area contributed by atoms with E-state index in [1.54, 1.807) is 0 Å². The second-order valence-corrected chi connectivity index (χ2v) is 8.52. The van der Waals surface area contributed by atoms with E-state index in [9.17, 15) is 0 Å². The van der Waals surface area contributed by atoms with Crippen LogP contribution in [0.2, 0.25) is 0 Å². The van der Waals surface area contributed by atoms with Gasteiger partial charge < -0.3 is 9.64 Å². The van der Waals surface area contributed by atoms with Crippen molar-refractivity contribution >= 4 is 0 Å². The van der Waals surface area contributed by atoms with E-state index in [1.165, 1.54) is 58.0 Å². The summed E-state index contributed by atoms with van der Waals surface area (Å²) >= 11 is 0. The first-order valence-corrected chi connectivity index (χ1v) is 9.79. The Hall–Kier alpha value is -0.0800. The van der Waals surface area contributed by atoms with Crippen molar-refractivity contribution < 1.29 is 4.74 Å². The zero-order valence-corrected chi connectivity index (χ0v) is 15.8. The molecule has 0 radical (unpaired) electrons. The molecule has 2 rings (SSSR count). The average molecular weight is 310 g/mol. The van der Waals surface area contributed by atoms with E-state index in [1.807, 2.05) is 0 Å². The maximum absolute atomic E-state index is 6.42. The Morgan fingerprint density at radius 3 is 2.09 bits per heavy atom. The minimum atomic E-state index is 0.412. The molecule has 2 aliphatic rings. The topological polar surface area (TPSA) is 12.5 Å². The minimum Gasteiger partial charge on any atom is -0.376 e. The number of nitrogens with zero attached hydrogens (tertiary/aromatic N) is 1. The molecular formula is C20H39NO. The van der Waals surface area contributed by atoms with Crippen molar-refractivity contribution in [1.82, 2.24) is 4.90 Å². The average Bonchev–Trinajstić information content (AvgIpc) is 2.82. The molecule has 2 aliphatic carbocycles. The second kappa shape index (κ2) is 7.66. The summed E-state index contributed by atoms with van der Waals surface area (Å²) in [5.74, 6) is 0.888. The standard InChI is InChI=1S/C20H39NO/c1-6-8-12-21(13-9-7-2)14-15-22-18-16-17-10-11-20(18,5)19(17,3)4/h17-18H,6-16H2,1-5H3/t17-,18-,20-/m0/s1. The first kappa shape index (κ1) is 18.3. The van der Waals surface area contributed by atoms with Crippen molar-refractivity contribution in [2.24, 2.45) is 16.7 Å². The SMILES string of the molecule is CCCCN(CCCC)CCO[C@H]1C[C@@H]2CC[C@]1(C)C2(C)C. The Morgan fingerprint density at radius 1 is 1.00 bits per heavy atom. The van der Waals surface area contributed by atoms with Crippen LogP contribution in [0.4, 0.5) is 0 Å². The molecule has 2 saturated carbocycles. The van der Waals surface area contributed by atoms with Gasteiger partial charge in [-0.2, -0.15) is 0 Å². The Bertz CT molecular complexity index is 333. The van der Waals surface area contributed by atoms with Crippen molar-refractivity contribution in [1.29, 1.82) is 0 Å². The van der Waals surface area contributed by atoms with Crippen molar-refractivity contribution in [3.05, 3.63) is 0 Å². The number of fused-ring (bicyclic) bond motifs is 2. The van der Waals surface area contributed by atoms with Crippen LogP contribution in [0.25, 0.3) is 0 Å². The van der Waals surface area contributed by atoms with Gasteiger partial charge in [0.2, 0.25) is 0 Å². The van der Waals surface area contributed by atoms with Gasteiger partial charge >= 0.3 is 0 Å². The van der Waals surface area contributed by atoms with Gasteiger partial charge in [0.25, 0.3) is 0 Å². The molecule has 2 heteroatoms. The fraction of sp³-hybridized carbons (Fsp3) is 1.00. The molecule has 2 nitrogen and oxygen atoms in total. The van der Waals surface area contributed by atoms with Crippen LogP contribution in [0, 0.1) is 16.7 Å². The van der Waals surface area contributed by atoms with Crippen LogP contribution in [0.5, 0.6) is 0 Å². The van der Waals surface area contributed by atoms with Gasteiger partial charge in [-0.25, -0.2) is 0 Å². The molecule has 0 amide bonds. The number of hydrogen-bond donors (Lipinski definition) is 0. The molecule has 22 heavy (non-hydrogen) atoms. The third-order valence-corrected chi connectivity index (χ3v) is 7.10. The van der Waals surface area contributed by atoms with Gasteiger partial charge in [-0.05, 0) is 61.9 Å². The molecule has 0 aromatic rings. The molecular weight excluding hydrogens is 270 g/mol. The van der Waals surface area contributed by atoms with E-state index >= 15 is 0 Å². The second-order valence-electron chi connectivity index (χ2n) is 8.52. The van der Waals surface area contributed by atoms with E-state index in [-0.39, 0.29) is 0 Å². The van der Waals surface area contributed by atoms with Gasteiger partial charge in [-0.1, -0.05) is 47.5 Å². The normalized spacial score (nSPS) is 33.0. The quantitative estimate of drug-likeness (QED) is 0.555. The highest BCUT2D eigenvalue weighted by Crippen LogP contribution is 2.66. The fourth-order valence-corrected chi connectivity index (χ4v) is 4.81. The largest absolute Gasteiger partial charge is 0.376 e. The predicted octanol–water partition coefficient (Wildman–Crippen LogP) is 5.12. The highest BCUT2D eigenvalue weighted by Gasteiger charge is 2.61. The summed E-state index contributed by atoms with van der Waals surface area (Å²) in [4.78, 5) is 2.62. The van der Waals surface area contributed by atoms with Crippen LogP contribution in [0.1, 0.15) is 79.6 Å². The lowest BCUT2D eigenvalue weighted by molar-refractivity contribution is -0.0519. The molecule has 0 aromatic heterocycles. The van der Waals surface area contributed by atoms with Crippen LogP contribution in [-0.4, -0.2) is 37.2 Å². The Labute approximate surface area is 139 Å². The van der Waals surface area contributed by atoms with Gasteiger partial charge in [-0.3, -0.25) is 0 Å². The smallest absolute Gasteiger partial charge is 0.0637 e. The monoisotopic (exact) mass is 309 g/mol. The van der Waals surface area contributed by atoms with Crippen LogP contribution in [0.15, 0.2) is 0 Å². The molecule has 2 bridgehead atoms.